The molecule has 0 bridgehead atoms. The molecule has 2 rings (SSSR count). The Morgan fingerprint density at radius 2 is 2.43 bits per heavy atom. The number of hydrogen-bond donors (Lipinski definition) is 2. The van der Waals surface area contributed by atoms with E-state index < -0.39 is 5.60 Å². The second kappa shape index (κ2) is 3.45. The molecular formula is C8H14N4OS. The zero-order valence-electron chi connectivity index (χ0n) is 8.10. The van der Waals surface area contributed by atoms with Crippen LogP contribution in [0.3, 0.4) is 0 Å². The molecular weight excluding hydrogens is 200 g/mol. The Morgan fingerprint density at radius 3 is 2.93 bits per heavy atom. The van der Waals surface area contributed by atoms with Crippen LogP contribution in [0.5, 0.6) is 0 Å². The molecule has 0 aliphatic carbocycles. The Morgan fingerprint density at radius 1 is 1.64 bits per heavy atom. The third-order valence-corrected chi connectivity index (χ3v) is 3.11. The zero-order valence-corrected chi connectivity index (χ0v) is 8.92. The molecule has 0 aromatic carbocycles. The van der Waals surface area contributed by atoms with Crippen molar-refractivity contribution in [1.82, 2.24) is 15.1 Å². The van der Waals surface area contributed by atoms with Crippen LogP contribution in [0.1, 0.15) is 18.4 Å². The Labute approximate surface area is 86.6 Å². The summed E-state index contributed by atoms with van der Waals surface area (Å²) in [6.45, 7) is 4.21. The van der Waals surface area contributed by atoms with Gasteiger partial charge in [0, 0.05) is 13.1 Å². The highest BCUT2D eigenvalue weighted by molar-refractivity contribution is 7.15. The van der Waals surface area contributed by atoms with Crippen molar-refractivity contribution in [2.45, 2.75) is 25.5 Å². The number of nitrogens with two attached hydrogens (primary N) is 1. The molecule has 0 amide bonds. The fourth-order valence-electron chi connectivity index (χ4n) is 1.70. The van der Waals surface area contributed by atoms with E-state index in [1.807, 2.05) is 6.92 Å². The van der Waals surface area contributed by atoms with E-state index in [-0.39, 0.29) is 0 Å². The number of likely N-dealkylation sites (tertiary alicyclic amines) is 1. The molecule has 2 heterocycles. The Balaban J connectivity index is 1.94. The van der Waals surface area contributed by atoms with Crippen LogP contribution in [0.2, 0.25) is 0 Å². The fourth-order valence-corrected chi connectivity index (χ4v) is 2.35. The summed E-state index contributed by atoms with van der Waals surface area (Å²) in [6.07, 6.45) is 0.821. The van der Waals surface area contributed by atoms with Gasteiger partial charge in [-0.25, -0.2) is 0 Å². The van der Waals surface area contributed by atoms with Gasteiger partial charge in [0.1, 0.15) is 5.01 Å². The lowest BCUT2D eigenvalue weighted by atomic mass is 10.1. The zero-order chi connectivity index (χ0) is 10.2. The van der Waals surface area contributed by atoms with Gasteiger partial charge >= 0.3 is 0 Å². The van der Waals surface area contributed by atoms with Crippen molar-refractivity contribution < 1.29 is 5.11 Å². The van der Waals surface area contributed by atoms with Gasteiger partial charge in [-0.2, -0.15) is 0 Å². The molecule has 1 aromatic heterocycles. The first-order valence-corrected chi connectivity index (χ1v) is 5.39. The van der Waals surface area contributed by atoms with Crippen LogP contribution in [-0.2, 0) is 6.54 Å². The normalized spacial score (nSPS) is 28.4. The molecule has 1 aliphatic heterocycles. The van der Waals surface area contributed by atoms with E-state index in [1.54, 1.807) is 0 Å². The lowest BCUT2D eigenvalue weighted by Gasteiger charge is -2.17. The molecule has 0 radical (unpaired) electrons. The van der Waals surface area contributed by atoms with Crippen molar-refractivity contribution in [2.24, 2.45) is 0 Å². The minimum atomic E-state index is -0.545. The number of anilines is 1. The lowest BCUT2D eigenvalue weighted by Crippen LogP contribution is -2.29. The Hall–Kier alpha value is -0.720. The topological polar surface area (TPSA) is 75.3 Å². The van der Waals surface area contributed by atoms with Gasteiger partial charge in [-0.15, -0.1) is 10.2 Å². The summed E-state index contributed by atoms with van der Waals surface area (Å²) in [7, 11) is 0. The van der Waals surface area contributed by atoms with Crippen LogP contribution in [0.15, 0.2) is 0 Å². The smallest absolute Gasteiger partial charge is 0.203 e. The molecule has 3 N–H and O–H groups in total. The molecule has 1 aromatic rings. The van der Waals surface area contributed by atoms with Crippen molar-refractivity contribution in [3.63, 3.8) is 0 Å². The number of hydrogen-bond acceptors (Lipinski definition) is 6. The van der Waals surface area contributed by atoms with Crippen molar-refractivity contribution in [1.29, 1.82) is 0 Å². The van der Waals surface area contributed by atoms with E-state index in [2.05, 4.69) is 15.1 Å². The van der Waals surface area contributed by atoms with Crippen molar-refractivity contribution >= 4 is 16.5 Å². The molecule has 6 heteroatoms. The van der Waals surface area contributed by atoms with Crippen LogP contribution in [0.25, 0.3) is 0 Å². The number of aromatic nitrogens is 2. The van der Waals surface area contributed by atoms with E-state index in [4.69, 9.17) is 5.73 Å². The summed E-state index contributed by atoms with van der Waals surface area (Å²) in [4.78, 5) is 2.17. The Kier molecular flexibility index (Phi) is 2.42. The van der Waals surface area contributed by atoms with Crippen LogP contribution in [-0.4, -0.2) is 38.9 Å². The maximum Gasteiger partial charge on any atom is 0.203 e. The van der Waals surface area contributed by atoms with Crippen LogP contribution in [0, 0.1) is 0 Å². The van der Waals surface area contributed by atoms with Crippen LogP contribution >= 0.6 is 11.3 Å². The summed E-state index contributed by atoms with van der Waals surface area (Å²) in [5.74, 6) is 0. The van der Waals surface area contributed by atoms with Gasteiger partial charge in [-0.3, -0.25) is 4.90 Å². The standard InChI is InChI=1S/C8H14N4OS/c1-8(13)2-3-12(5-8)4-6-10-11-7(9)14-6/h13H,2-5H2,1H3,(H2,9,11). The molecule has 14 heavy (non-hydrogen) atoms. The highest BCUT2D eigenvalue weighted by Crippen LogP contribution is 2.23. The van der Waals surface area contributed by atoms with Gasteiger partial charge in [0.05, 0.1) is 12.1 Å². The molecule has 1 saturated heterocycles. The highest BCUT2D eigenvalue weighted by Gasteiger charge is 2.31. The third-order valence-electron chi connectivity index (χ3n) is 2.37. The second-order valence-electron chi connectivity index (χ2n) is 3.99. The maximum absolute atomic E-state index is 9.75. The summed E-state index contributed by atoms with van der Waals surface area (Å²) in [5, 5.41) is 18.9. The largest absolute Gasteiger partial charge is 0.389 e. The SMILES string of the molecule is CC1(O)CCN(Cc2nnc(N)s2)C1. The fraction of sp³-hybridized carbons (Fsp3) is 0.750. The minimum Gasteiger partial charge on any atom is -0.389 e. The van der Waals surface area contributed by atoms with Crippen LogP contribution < -0.4 is 5.73 Å². The van der Waals surface area contributed by atoms with Gasteiger partial charge in [-0.1, -0.05) is 11.3 Å². The van der Waals surface area contributed by atoms with Gasteiger partial charge in [0.2, 0.25) is 5.13 Å². The summed E-state index contributed by atoms with van der Waals surface area (Å²) in [6, 6.07) is 0. The second-order valence-corrected chi connectivity index (χ2v) is 5.09. The predicted octanol–water partition coefficient (Wildman–Crippen LogP) is 0.0770. The van der Waals surface area contributed by atoms with Gasteiger partial charge < -0.3 is 10.8 Å². The van der Waals surface area contributed by atoms with Crippen molar-refractivity contribution in [2.75, 3.05) is 18.8 Å². The summed E-state index contributed by atoms with van der Waals surface area (Å²) >= 11 is 1.41. The highest BCUT2D eigenvalue weighted by atomic mass is 32.1. The molecule has 5 nitrogen and oxygen atoms in total. The molecule has 0 saturated carbocycles. The first-order valence-electron chi connectivity index (χ1n) is 4.58. The lowest BCUT2D eigenvalue weighted by molar-refractivity contribution is 0.0678. The average Bonchev–Trinajstić information content (AvgIpc) is 2.59. The van der Waals surface area contributed by atoms with E-state index in [0.29, 0.717) is 11.7 Å². The molecule has 1 unspecified atom stereocenters. The first-order chi connectivity index (χ1) is 6.55. The van der Waals surface area contributed by atoms with Gasteiger partial charge in [0.15, 0.2) is 0 Å². The first kappa shape index (κ1) is 9.82. The van der Waals surface area contributed by atoms with Crippen molar-refractivity contribution in [3.05, 3.63) is 5.01 Å². The van der Waals surface area contributed by atoms with E-state index in [9.17, 15) is 5.11 Å². The van der Waals surface area contributed by atoms with Crippen LogP contribution in [0.4, 0.5) is 5.13 Å². The number of β-amino-alcohol motifs (C(OH)–C–C–N with tert-alkyl or cyclic N) is 1. The molecule has 78 valence electrons. The van der Waals surface area contributed by atoms with E-state index in [0.717, 1.165) is 24.5 Å². The maximum atomic E-state index is 9.75. The average molecular weight is 214 g/mol. The quantitative estimate of drug-likeness (QED) is 0.729. The molecule has 1 atom stereocenters. The Bertz CT molecular complexity index is 325. The number of nitrogen functional groups attached to an aromatic ring is 1. The number of nitrogens with zero attached hydrogens (tertiary/aromatic N) is 3. The molecule has 1 aliphatic rings. The van der Waals surface area contributed by atoms with E-state index in [1.165, 1.54) is 11.3 Å². The monoisotopic (exact) mass is 214 g/mol. The number of aliphatic hydroxyl groups is 1. The van der Waals surface area contributed by atoms with Gasteiger partial charge in [0.25, 0.3) is 0 Å². The van der Waals surface area contributed by atoms with Crippen molar-refractivity contribution in [3.8, 4) is 0 Å². The molecule has 1 fully saturated rings. The summed E-state index contributed by atoms with van der Waals surface area (Å²) < 4.78 is 0. The predicted molar refractivity (Wildman–Crippen MR) is 54.8 cm³/mol. The van der Waals surface area contributed by atoms with E-state index >= 15 is 0 Å². The molecule has 0 spiro atoms. The minimum absolute atomic E-state index is 0.506. The summed E-state index contributed by atoms with van der Waals surface area (Å²) in [5.41, 5.74) is 4.94. The number of rotatable bonds is 2. The third kappa shape index (κ3) is 2.20. The van der Waals surface area contributed by atoms with Gasteiger partial charge in [-0.05, 0) is 13.3 Å².